The molecule has 1 amide bonds. The quantitative estimate of drug-likeness (QED) is 0.813. The van der Waals surface area contributed by atoms with Crippen LogP contribution in [-0.2, 0) is 21.2 Å². The summed E-state index contributed by atoms with van der Waals surface area (Å²) in [4.78, 5) is 13.2. The summed E-state index contributed by atoms with van der Waals surface area (Å²) in [5, 5.41) is 6.65. The van der Waals surface area contributed by atoms with E-state index in [1.807, 2.05) is 6.92 Å². The van der Waals surface area contributed by atoms with Crippen LogP contribution in [0.2, 0.25) is 0 Å². The Kier molecular flexibility index (Phi) is 4.28. The van der Waals surface area contributed by atoms with Crippen LogP contribution in [-0.4, -0.2) is 48.5 Å². The second-order valence-electron chi connectivity index (χ2n) is 4.15. The van der Waals surface area contributed by atoms with Gasteiger partial charge < -0.3 is 4.90 Å². The van der Waals surface area contributed by atoms with Crippen molar-refractivity contribution >= 4 is 15.7 Å². The van der Waals surface area contributed by atoms with Gasteiger partial charge in [0.15, 0.2) is 0 Å². The predicted octanol–water partition coefficient (Wildman–Crippen LogP) is 0.111. The van der Waals surface area contributed by atoms with Crippen LogP contribution in [0.1, 0.15) is 17.7 Å². The third-order valence-electron chi connectivity index (χ3n) is 2.45. The van der Waals surface area contributed by atoms with Crippen molar-refractivity contribution in [2.75, 3.05) is 19.1 Å². The molecule has 1 aromatic rings. The van der Waals surface area contributed by atoms with Gasteiger partial charge in [-0.05, 0) is 6.92 Å². The molecule has 0 saturated heterocycles. The summed E-state index contributed by atoms with van der Waals surface area (Å²) >= 11 is 0. The Morgan fingerprint density at radius 2 is 2.18 bits per heavy atom. The van der Waals surface area contributed by atoms with E-state index in [1.54, 1.807) is 13.2 Å². The van der Waals surface area contributed by atoms with E-state index in [0.29, 0.717) is 6.54 Å². The second-order valence-corrected chi connectivity index (χ2v) is 6.41. The number of hydrogen-bond donors (Lipinski definition) is 1. The Bertz CT molecular complexity index is 493. The number of H-pyrrole nitrogens is 1. The van der Waals surface area contributed by atoms with Crippen molar-refractivity contribution in [3.63, 3.8) is 0 Å². The van der Waals surface area contributed by atoms with Crippen LogP contribution in [0.3, 0.4) is 0 Å². The number of sulfone groups is 1. The second kappa shape index (κ2) is 5.31. The van der Waals surface area contributed by atoms with Crippen LogP contribution >= 0.6 is 0 Å². The molecule has 17 heavy (non-hydrogen) atoms. The number of rotatable bonds is 5. The number of carbonyl (C=O) groups is 1. The molecule has 6 nitrogen and oxygen atoms in total. The molecule has 0 aliphatic heterocycles. The summed E-state index contributed by atoms with van der Waals surface area (Å²) in [5.74, 6) is -0.295. The molecule has 1 rings (SSSR count). The van der Waals surface area contributed by atoms with Crippen LogP contribution in [0.5, 0.6) is 0 Å². The molecule has 0 atom stereocenters. The molecule has 0 aliphatic carbocycles. The standard InChI is InChI=1S/C10H17N3O3S/c1-8-9(6-11-12-8)7-13(2)10(14)4-5-17(3,15)16/h6H,4-5,7H2,1-3H3,(H,11,12). The molecular weight excluding hydrogens is 242 g/mol. The number of nitrogens with one attached hydrogen (secondary N) is 1. The number of nitrogens with zero attached hydrogens (tertiary/aromatic N) is 2. The molecule has 1 heterocycles. The fraction of sp³-hybridized carbons (Fsp3) is 0.600. The summed E-state index contributed by atoms with van der Waals surface area (Å²) in [6.07, 6.45) is 2.81. The van der Waals surface area contributed by atoms with Gasteiger partial charge in [0.05, 0.1) is 11.9 Å². The lowest BCUT2D eigenvalue weighted by molar-refractivity contribution is -0.130. The van der Waals surface area contributed by atoms with Gasteiger partial charge in [0.1, 0.15) is 9.84 Å². The number of aromatic nitrogens is 2. The smallest absolute Gasteiger partial charge is 0.223 e. The lowest BCUT2D eigenvalue weighted by Crippen LogP contribution is -2.27. The Balaban J connectivity index is 2.51. The topological polar surface area (TPSA) is 83.1 Å². The van der Waals surface area contributed by atoms with Gasteiger partial charge in [-0.15, -0.1) is 0 Å². The fourth-order valence-electron chi connectivity index (χ4n) is 1.34. The first kappa shape index (κ1) is 13.7. The predicted molar refractivity (Wildman–Crippen MR) is 64.1 cm³/mol. The van der Waals surface area contributed by atoms with Crippen molar-refractivity contribution in [2.24, 2.45) is 0 Å². The van der Waals surface area contributed by atoms with Gasteiger partial charge in [-0.2, -0.15) is 5.10 Å². The van der Waals surface area contributed by atoms with E-state index in [-0.39, 0.29) is 18.1 Å². The van der Waals surface area contributed by atoms with Crippen LogP contribution in [0.25, 0.3) is 0 Å². The largest absolute Gasteiger partial charge is 0.341 e. The van der Waals surface area contributed by atoms with E-state index in [9.17, 15) is 13.2 Å². The SMILES string of the molecule is Cc1[nH]ncc1CN(C)C(=O)CCS(C)(=O)=O. The molecule has 7 heteroatoms. The molecule has 0 aromatic carbocycles. The molecule has 96 valence electrons. The Morgan fingerprint density at radius 1 is 1.53 bits per heavy atom. The Labute approximate surface area is 101 Å². The first-order valence-corrected chi connectivity index (χ1v) is 7.26. The number of aromatic amines is 1. The van der Waals surface area contributed by atoms with Gasteiger partial charge in [0.2, 0.25) is 5.91 Å². The molecule has 1 N–H and O–H groups in total. The number of hydrogen-bond acceptors (Lipinski definition) is 4. The molecule has 0 bridgehead atoms. The number of amides is 1. The maximum absolute atomic E-state index is 11.7. The summed E-state index contributed by atoms with van der Waals surface area (Å²) < 4.78 is 21.9. The first-order chi connectivity index (χ1) is 7.79. The minimum absolute atomic E-state index is 0.0201. The van der Waals surface area contributed by atoms with Crippen molar-refractivity contribution in [1.29, 1.82) is 0 Å². The van der Waals surface area contributed by atoms with Crippen molar-refractivity contribution in [2.45, 2.75) is 19.9 Å². The van der Waals surface area contributed by atoms with Crippen LogP contribution in [0, 0.1) is 6.92 Å². The van der Waals surface area contributed by atoms with Gasteiger partial charge in [0.25, 0.3) is 0 Å². The van der Waals surface area contributed by atoms with E-state index >= 15 is 0 Å². The molecule has 0 radical (unpaired) electrons. The van der Waals surface area contributed by atoms with Gasteiger partial charge in [-0.25, -0.2) is 8.42 Å². The van der Waals surface area contributed by atoms with Gasteiger partial charge >= 0.3 is 0 Å². The molecule has 0 unspecified atom stereocenters. The highest BCUT2D eigenvalue weighted by Gasteiger charge is 2.13. The van der Waals surface area contributed by atoms with Crippen LogP contribution in [0.15, 0.2) is 6.20 Å². The normalized spacial score (nSPS) is 11.5. The van der Waals surface area contributed by atoms with E-state index in [2.05, 4.69) is 10.2 Å². The molecule has 1 aromatic heterocycles. The highest BCUT2D eigenvalue weighted by Crippen LogP contribution is 2.07. The molecule has 0 saturated carbocycles. The van der Waals surface area contributed by atoms with Crippen molar-refractivity contribution in [3.8, 4) is 0 Å². The first-order valence-electron chi connectivity index (χ1n) is 5.20. The summed E-state index contributed by atoms with van der Waals surface area (Å²) in [6.45, 7) is 2.31. The molecule has 0 spiro atoms. The minimum atomic E-state index is -3.09. The summed E-state index contributed by atoms with van der Waals surface area (Å²) in [6, 6.07) is 0. The average Bonchev–Trinajstić information content (AvgIpc) is 2.59. The zero-order chi connectivity index (χ0) is 13.1. The van der Waals surface area contributed by atoms with E-state index in [1.165, 1.54) is 4.90 Å². The number of aryl methyl sites for hydroxylation is 1. The Morgan fingerprint density at radius 3 is 2.65 bits per heavy atom. The lowest BCUT2D eigenvalue weighted by Gasteiger charge is -2.16. The zero-order valence-electron chi connectivity index (χ0n) is 10.2. The molecule has 0 fully saturated rings. The highest BCUT2D eigenvalue weighted by atomic mass is 32.2. The Hall–Kier alpha value is -1.37. The van der Waals surface area contributed by atoms with Crippen LogP contribution in [0.4, 0.5) is 0 Å². The maximum Gasteiger partial charge on any atom is 0.223 e. The fourth-order valence-corrected chi connectivity index (χ4v) is 1.89. The monoisotopic (exact) mass is 259 g/mol. The number of carbonyl (C=O) groups excluding carboxylic acids is 1. The summed E-state index contributed by atoms with van der Waals surface area (Å²) in [7, 11) is -1.44. The zero-order valence-corrected chi connectivity index (χ0v) is 11.0. The lowest BCUT2D eigenvalue weighted by atomic mass is 10.2. The van der Waals surface area contributed by atoms with E-state index < -0.39 is 9.84 Å². The maximum atomic E-state index is 11.7. The van der Waals surface area contributed by atoms with E-state index in [4.69, 9.17) is 0 Å². The van der Waals surface area contributed by atoms with Crippen LogP contribution < -0.4 is 0 Å². The van der Waals surface area contributed by atoms with Crippen molar-refractivity contribution < 1.29 is 13.2 Å². The van der Waals surface area contributed by atoms with E-state index in [0.717, 1.165) is 17.5 Å². The summed E-state index contributed by atoms with van der Waals surface area (Å²) in [5.41, 5.74) is 1.84. The van der Waals surface area contributed by atoms with Gasteiger partial charge in [-0.3, -0.25) is 9.89 Å². The third-order valence-corrected chi connectivity index (χ3v) is 3.40. The van der Waals surface area contributed by atoms with Gasteiger partial charge in [0, 0.05) is 37.5 Å². The van der Waals surface area contributed by atoms with Crippen molar-refractivity contribution in [3.05, 3.63) is 17.5 Å². The third kappa shape index (κ3) is 4.56. The van der Waals surface area contributed by atoms with Crippen molar-refractivity contribution in [1.82, 2.24) is 15.1 Å². The molecule has 0 aliphatic rings. The minimum Gasteiger partial charge on any atom is -0.341 e. The molecular formula is C10H17N3O3S. The van der Waals surface area contributed by atoms with Gasteiger partial charge in [-0.1, -0.05) is 0 Å². The highest BCUT2D eigenvalue weighted by molar-refractivity contribution is 7.90. The average molecular weight is 259 g/mol.